The van der Waals surface area contributed by atoms with Crippen LogP contribution in [0.15, 0.2) is 17.0 Å². The van der Waals surface area contributed by atoms with Crippen LogP contribution in [0.25, 0.3) is 0 Å². The molecule has 1 aliphatic carbocycles. The van der Waals surface area contributed by atoms with Crippen molar-refractivity contribution in [1.29, 1.82) is 0 Å². The summed E-state index contributed by atoms with van der Waals surface area (Å²) in [6.07, 6.45) is 7.35. The third-order valence-corrected chi connectivity index (χ3v) is 9.89. The van der Waals surface area contributed by atoms with E-state index >= 15 is 0 Å². The van der Waals surface area contributed by atoms with E-state index in [0.717, 1.165) is 23.1 Å². The summed E-state index contributed by atoms with van der Waals surface area (Å²) in [5.41, 5.74) is 1.09. The second-order valence-electron chi connectivity index (χ2n) is 10.8. The van der Waals surface area contributed by atoms with Gasteiger partial charge in [-0.05, 0) is 101 Å². The van der Waals surface area contributed by atoms with E-state index in [1.807, 2.05) is 0 Å². The molecule has 2 aliphatic rings. The van der Waals surface area contributed by atoms with Crippen LogP contribution in [-0.4, -0.2) is 94.8 Å². The second-order valence-corrected chi connectivity index (χ2v) is 12.8. The fraction of sp³-hybridized carbons (Fsp3) is 0.704. The largest absolute Gasteiger partial charge is 0.497 e. The molecule has 0 unspecified atom stereocenters. The average Bonchev–Trinajstić information content (AvgIpc) is 3.36. The quantitative estimate of drug-likeness (QED) is 0.466. The van der Waals surface area contributed by atoms with Crippen LogP contribution in [0.4, 0.5) is 0 Å². The van der Waals surface area contributed by atoms with Gasteiger partial charge in [-0.25, -0.2) is 8.42 Å². The van der Waals surface area contributed by atoms with Crippen LogP contribution in [0.1, 0.15) is 49.7 Å². The highest BCUT2D eigenvalue weighted by atomic mass is 32.2. The van der Waals surface area contributed by atoms with Crippen LogP contribution in [0.2, 0.25) is 0 Å². The molecule has 9 nitrogen and oxygen atoms in total. The lowest BCUT2D eigenvalue weighted by Gasteiger charge is -2.33. The van der Waals surface area contributed by atoms with Gasteiger partial charge < -0.3 is 19.9 Å². The topological polar surface area (TPSA) is 99.3 Å². The number of aryl methyl sites for hydroxylation is 2. The maximum atomic E-state index is 13.1. The van der Waals surface area contributed by atoms with Gasteiger partial charge in [-0.1, -0.05) is 0 Å². The predicted molar refractivity (Wildman–Crippen MR) is 144 cm³/mol. The van der Waals surface area contributed by atoms with E-state index in [4.69, 9.17) is 4.74 Å². The molecule has 37 heavy (non-hydrogen) atoms. The number of hydrogen-bond acceptors (Lipinski definition) is 6. The number of methoxy groups -OCH3 is 1. The Morgan fingerprint density at radius 1 is 1.03 bits per heavy atom. The number of likely N-dealkylation sites (N-methyl/N-ethyl adjacent to an activating group) is 2. The first-order chi connectivity index (χ1) is 17.5. The van der Waals surface area contributed by atoms with Crippen molar-refractivity contribution >= 4 is 21.8 Å². The van der Waals surface area contributed by atoms with E-state index in [1.165, 1.54) is 59.5 Å². The number of benzene rings is 1. The van der Waals surface area contributed by atoms with Crippen molar-refractivity contribution in [3.8, 4) is 5.75 Å². The van der Waals surface area contributed by atoms with Gasteiger partial charge in [0.2, 0.25) is 21.8 Å². The lowest BCUT2D eigenvalue weighted by Crippen LogP contribution is -2.44. The van der Waals surface area contributed by atoms with Gasteiger partial charge in [-0.3, -0.25) is 9.59 Å². The molecule has 1 aromatic carbocycles. The minimum atomic E-state index is -3.89. The number of ether oxygens (including phenoxy) is 1. The highest BCUT2D eigenvalue weighted by Crippen LogP contribution is 2.31. The summed E-state index contributed by atoms with van der Waals surface area (Å²) in [6.45, 7) is 7.27. The third kappa shape index (κ3) is 7.91. The Balaban J connectivity index is 1.42. The summed E-state index contributed by atoms with van der Waals surface area (Å²) in [5.74, 6) is 1.16. The van der Waals surface area contributed by atoms with Crippen molar-refractivity contribution in [3.05, 3.63) is 23.3 Å². The minimum Gasteiger partial charge on any atom is -0.497 e. The first kappa shape index (κ1) is 29.4. The number of nitrogens with one attached hydrogen (secondary N) is 1. The molecule has 0 atom stereocenters. The fourth-order valence-corrected chi connectivity index (χ4v) is 7.19. The minimum absolute atomic E-state index is 0.145. The van der Waals surface area contributed by atoms with Gasteiger partial charge in [0.05, 0.1) is 25.1 Å². The Hall–Kier alpha value is -2.17. The molecule has 2 fully saturated rings. The monoisotopic (exact) mass is 536 g/mol. The smallest absolute Gasteiger partial charge is 0.243 e. The summed E-state index contributed by atoms with van der Waals surface area (Å²) in [4.78, 5) is 29.6. The average molecular weight is 537 g/mol. The van der Waals surface area contributed by atoms with Crippen molar-refractivity contribution in [1.82, 2.24) is 19.4 Å². The van der Waals surface area contributed by atoms with E-state index in [2.05, 4.69) is 10.2 Å². The standard InChI is InChI=1S/C27H44N4O5S/c1-20-14-24(36-5)15-21(2)27(20)37(34,35)30(4)19-25(32)28-16-26(33)29(3)17-22-8-10-23(11-9-22)18-31-12-6-7-13-31/h14-15,22-23H,6-13,16-19H2,1-5H3,(H,28,32). The van der Waals surface area contributed by atoms with Gasteiger partial charge in [-0.2, -0.15) is 4.31 Å². The van der Waals surface area contributed by atoms with E-state index in [9.17, 15) is 18.0 Å². The summed E-state index contributed by atoms with van der Waals surface area (Å²) in [5, 5.41) is 2.59. The number of nitrogens with zero attached hydrogens (tertiary/aromatic N) is 3. The maximum absolute atomic E-state index is 13.1. The molecule has 0 bridgehead atoms. The fourth-order valence-electron chi connectivity index (χ4n) is 5.66. The van der Waals surface area contributed by atoms with Crippen LogP contribution in [0.3, 0.4) is 0 Å². The molecule has 1 heterocycles. The number of sulfonamides is 1. The molecular weight excluding hydrogens is 492 g/mol. The molecule has 208 valence electrons. The molecule has 0 aromatic heterocycles. The van der Waals surface area contributed by atoms with Crippen molar-refractivity contribution in [2.75, 3.05) is 60.5 Å². The number of likely N-dealkylation sites (tertiary alicyclic amines) is 1. The highest BCUT2D eigenvalue weighted by molar-refractivity contribution is 7.89. The predicted octanol–water partition coefficient (Wildman–Crippen LogP) is 2.41. The maximum Gasteiger partial charge on any atom is 0.243 e. The zero-order valence-corrected chi connectivity index (χ0v) is 23.9. The van der Waals surface area contributed by atoms with Gasteiger partial charge in [0.25, 0.3) is 0 Å². The number of hydrogen-bond donors (Lipinski definition) is 1. The molecule has 1 saturated carbocycles. The van der Waals surface area contributed by atoms with Gasteiger partial charge in [-0.15, -0.1) is 0 Å². The number of carbonyl (C=O) groups excluding carboxylic acids is 2. The molecule has 1 aromatic rings. The Kier molecular flexibility index (Phi) is 10.4. The van der Waals surface area contributed by atoms with Crippen LogP contribution < -0.4 is 10.1 Å². The van der Waals surface area contributed by atoms with E-state index in [-0.39, 0.29) is 23.9 Å². The Morgan fingerprint density at radius 3 is 2.16 bits per heavy atom. The summed E-state index contributed by atoms with van der Waals surface area (Å²) in [6, 6.07) is 3.31. The normalized spacial score (nSPS) is 20.7. The SMILES string of the molecule is COc1cc(C)c(S(=O)(=O)N(C)CC(=O)NCC(=O)N(C)CC2CCC(CN3CCCC3)CC2)c(C)c1. The molecule has 1 saturated heterocycles. The molecule has 1 aliphatic heterocycles. The third-order valence-electron chi connectivity index (χ3n) is 7.78. The molecule has 2 amide bonds. The molecule has 10 heteroatoms. The first-order valence-corrected chi connectivity index (χ1v) is 14.8. The van der Waals surface area contributed by atoms with Crippen molar-refractivity contribution < 1.29 is 22.7 Å². The lowest BCUT2D eigenvalue weighted by atomic mass is 9.81. The van der Waals surface area contributed by atoms with E-state index < -0.39 is 15.9 Å². The second kappa shape index (κ2) is 13.1. The summed E-state index contributed by atoms with van der Waals surface area (Å²) >= 11 is 0. The molecule has 1 N–H and O–H groups in total. The number of rotatable bonds is 11. The van der Waals surface area contributed by atoms with E-state index in [0.29, 0.717) is 29.3 Å². The van der Waals surface area contributed by atoms with Gasteiger partial charge in [0, 0.05) is 27.2 Å². The molecular formula is C27H44N4O5S. The Labute approximate surface area is 222 Å². The summed E-state index contributed by atoms with van der Waals surface area (Å²) < 4.78 is 32.5. The zero-order chi connectivity index (χ0) is 27.2. The first-order valence-electron chi connectivity index (χ1n) is 13.4. The van der Waals surface area contributed by atoms with Crippen LogP contribution in [0, 0.1) is 25.7 Å². The highest BCUT2D eigenvalue weighted by Gasteiger charge is 2.28. The Morgan fingerprint density at radius 2 is 1.59 bits per heavy atom. The van der Waals surface area contributed by atoms with Crippen molar-refractivity contribution in [2.45, 2.75) is 57.3 Å². The van der Waals surface area contributed by atoms with Gasteiger partial charge in [0.15, 0.2) is 0 Å². The number of carbonyl (C=O) groups is 2. The zero-order valence-electron chi connectivity index (χ0n) is 23.1. The van der Waals surface area contributed by atoms with Gasteiger partial charge in [0.1, 0.15) is 5.75 Å². The van der Waals surface area contributed by atoms with Crippen molar-refractivity contribution in [2.24, 2.45) is 11.8 Å². The Bertz CT molecular complexity index is 1020. The van der Waals surface area contributed by atoms with Crippen LogP contribution >= 0.6 is 0 Å². The molecule has 0 radical (unpaired) electrons. The van der Waals surface area contributed by atoms with E-state index in [1.54, 1.807) is 37.9 Å². The van der Waals surface area contributed by atoms with Gasteiger partial charge >= 0.3 is 0 Å². The molecule has 0 spiro atoms. The lowest BCUT2D eigenvalue weighted by molar-refractivity contribution is -0.132. The van der Waals surface area contributed by atoms with Crippen LogP contribution in [-0.2, 0) is 19.6 Å². The van der Waals surface area contributed by atoms with Crippen LogP contribution in [0.5, 0.6) is 5.75 Å². The number of amides is 2. The summed E-state index contributed by atoms with van der Waals surface area (Å²) in [7, 11) is 0.780. The molecule has 3 rings (SSSR count). The van der Waals surface area contributed by atoms with Crippen molar-refractivity contribution in [3.63, 3.8) is 0 Å².